The van der Waals surface area contributed by atoms with E-state index in [4.69, 9.17) is 5.73 Å². The molecule has 0 saturated heterocycles. The third-order valence-corrected chi connectivity index (χ3v) is 3.51. The average Bonchev–Trinajstić information content (AvgIpc) is 2.50. The summed E-state index contributed by atoms with van der Waals surface area (Å²) in [5, 5.41) is 0. The number of hydrogen-bond acceptors (Lipinski definition) is 2. The standard InChI is InChI=1S/C11H24N2/c1-4-10(2)13(3)9-11(12)7-5-6-8-11/h10H,4-9,12H2,1-3H3. The van der Waals surface area contributed by atoms with Crippen molar-refractivity contribution in [2.24, 2.45) is 5.73 Å². The highest BCUT2D eigenvalue weighted by Gasteiger charge is 2.31. The number of rotatable bonds is 4. The summed E-state index contributed by atoms with van der Waals surface area (Å²) >= 11 is 0. The number of nitrogens with zero attached hydrogens (tertiary/aromatic N) is 1. The molecule has 0 bridgehead atoms. The van der Waals surface area contributed by atoms with Gasteiger partial charge in [0.15, 0.2) is 0 Å². The second kappa shape index (κ2) is 4.43. The molecule has 0 aromatic rings. The average molecular weight is 184 g/mol. The minimum Gasteiger partial charge on any atom is -0.324 e. The monoisotopic (exact) mass is 184 g/mol. The van der Waals surface area contributed by atoms with Crippen LogP contribution < -0.4 is 5.73 Å². The Labute approximate surface area is 82.5 Å². The van der Waals surface area contributed by atoms with Crippen molar-refractivity contribution in [2.75, 3.05) is 13.6 Å². The van der Waals surface area contributed by atoms with Gasteiger partial charge in [-0.25, -0.2) is 0 Å². The van der Waals surface area contributed by atoms with Gasteiger partial charge in [0.1, 0.15) is 0 Å². The summed E-state index contributed by atoms with van der Waals surface area (Å²) in [5.74, 6) is 0. The fourth-order valence-electron chi connectivity index (χ4n) is 2.20. The Hall–Kier alpha value is -0.0800. The topological polar surface area (TPSA) is 29.3 Å². The van der Waals surface area contributed by atoms with Crippen LogP contribution in [0.15, 0.2) is 0 Å². The van der Waals surface area contributed by atoms with Crippen LogP contribution in [0.2, 0.25) is 0 Å². The van der Waals surface area contributed by atoms with Gasteiger partial charge < -0.3 is 10.6 Å². The summed E-state index contributed by atoms with van der Waals surface area (Å²) in [6.45, 7) is 5.58. The van der Waals surface area contributed by atoms with Gasteiger partial charge in [0.2, 0.25) is 0 Å². The molecule has 1 aliphatic carbocycles. The van der Waals surface area contributed by atoms with Crippen LogP contribution in [0.3, 0.4) is 0 Å². The van der Waals surface area contributed by atoms with Crippen LogP contribution in [-0.2, 0) is 0 Å². The van der Waals surface area contributed by atoms with Crippen molar-refractivity contribution >= 4 is 0 Å². The van der Waals surface area contributed by atoms with Crippen LogP contribution in [0.5, 0.6) is 0 Å². The molecule has 1 rings (SSSR count). The molecule has 0 radical (unpaired) electrons. The first-order valence-corrected chi connectivity index (χ1v) is 5.56. The Kier molecular flexibility index (Phi) is 3.74. The lowest BCUT2D eigenvalue weighted by molar-refractivity contribution is 0.194. The molecule has 78 valence electrons. The molecule has 2 nitrogen and oxygen atoms in total. The lowest BCUT2D eigenvalue weighted by Crippen LogP contribution is -2.49. The van der Waals surface area contributed by atoms with E-state index in [1.54, 1.807) is 0 Å². The SMILES string of the molecule is CCC(C)N(C)CC1(N)CCCC1. The number of hydrogen-bond donors (Lipinski definition) is 1. The Balaban J connectivity index is 2.38. The smallest absolute Gasteiger partial charge is 0.0283 e. The molecule has 1 atom stereocenters. The van der Waals surface area contributed by atoms with Crippen LogP contribution in [-0.4, -0.2) is 30.1 Å². The zero-order valence-corrected chi connectivity index (χ0v) is 9.34. The third-order valence-electron chi connectivity index (χ3n) is 3.51. The minimum atomic E-state index is 0.123. The molecule has 13 heavy (non-hydrogen) atoms. The van der Waals surface area contributed by atoms with Gasteiger partial charge in [-0.05, 0) is 33.2 Å². The zero-order valence-electron chi connectivity index (χ0n) is 9.34. The Morgan fingerprint density at radius 2 is 1.92 bits per heavy atom. The Morgan fingerprint density at radius 1 is 1.38 bits per heavy atom. The molecule has 0 aromatic carbocycles. The number of nitrogens with two attached hydrogens (primary N) is 1. The minimum absolute atomic E-state index is 0.123. The van der Waals surface area contributed by atoms with E-state index in [9.17, 15) is 0 Å². The molecule has 0 amide bonds. The summed E-state index contributed by atoms with van der Waals surface area (Å²) < 4.78 is 0. The lowest BCUT2D eigenvalue weighted by atomic mass is 9.98. The predicted molar refractivity (Wildman–Crippen MR) is 57.8 cm³/mol. The molecular weight excluding hydrogens is 160 g/mol. The van der Waals surface area contributed by atoms with Crippen molar-refractivity contribution in [1.29, 1.82) is 0 Å². The van der Waals surface area contributed by atoms with Crippen molar-refractivity contribution in [1.82, 2.24) is 4.90 Å². The molecule has 2 heteroatoms. The van der Waals surface area contributed by atoms with E-state index < -0.39 is 0 Å². The molecular formula is C11H24N2. The van der Waals surface area contributed by atoms with Gasteiger partial charge in [-0.2, -0.15) is 0 Å². The van der Waals surface area contributed by atoms with Gasteiger partial charge in [-0.3, -0.25) is 0 Å². The largest absolute Gasteiger partial charge is 0.324 e. The highest BCUT2D eigenvalue weighted by molar-refractivity contribution is 4.92. The highest BCUT2D eigenvalue weighted by atomic mass is 15.1. The van der Waals surface area contributed by atoms with E-state index in [2.05, 4.69) is 25.8 Å². The van der Waals surface area contributed by atoms with E-state index in [1.807, 2.05) is 0 Å². The molecule has 0 spiro atoms. The lowest BCUT2D eigenvalue weighted by Gasteiger charge is -2.33. The first-order valence-electron chi connectivity index (χ1n) is 5.56. The Morgan fingerprint density at radius 3 is 2.38 bits per heavy atom. The van der Waals surface area contributed by atoms with Crippen LogP contribution >= 0.6 is 0 Å². The van der Waals surface area contributed by atoms with Crippen molar-refractivity contribution < 1.29 is 0 Å². The molecule has 0 aliphatic heterocycles. The van der Waals surface area contributed by atoms with Crippen LogP contribution in [0.4, 0.5) is 0 Å². The van der Waals surface area contributed by atoms with E-state index in [0.717, 1.165) is 6.54 Å². The third kappa shape index (κ3) is 2.96. The maximum atomic E-state index is 6.31. The maximum Gasteiger partial charge on any atom is 0.0283 e. The van der Waals surface area contributed by atoms with Gasteiger partial charge >= 0.3 is 0 Å². The molecule has 1 aliphatic rings. The first kappa shape index (κ1) is 11.0. The first-order chi connectivity index (χ1) is 6.07. The van der Waals surface area contributed by atoms with E-state index in [-0.39, 0.29) is 5.54 Å². The van der Waals surface area contributed by atoms with Gasteiger partial charge in [0, 0.05) is 18.1 Å². The van der Waals surface area contributed by atoms with E-state index in [0.29, 0.717) is 6.04 Å². The summed E-state index contributed by atoms with van der Waals surface area (Å²) in [6, 6.07) is 0.668. The van der Waals surface area contributed by atoms with Crippen molar-refractivity contribution in [3.63, 3.8) is 0 Å². The fraction of sp³-hybridized carbons (Fsp3) is 1.00. The summed E-state index contributed by atoms with van der Waals surface area (Å²) in [7, 11) is 2.20. The van der Waals surface area contributed by atoms with Crippen molar-refractivity contribution in [3.8, 4) is 0 Å². The molecule has 1 unspecified atom stereocenters. The second-order valence-electron chi connectivity index (χ2n) is 4.74. The maximum absolute atomic E-state index is 6.31. The Bertz CT molecular complexity index is 150. The highest BCUT2D eigenvalue weighted by Crippen LogP contribution is 2.28. The summed E-state index contributed by atoms with van der Waals surface area (Å²) in [6.07, 6.45) is 6.30. The summed E-state index contributed by atoms with van der Waals surface area (Å²) in [4.78, 5) is 2.41. The molecule has 2 N–H and O–H groups in total. The molecule has 0 aromatic heterocycles. The normalized spacial score (nSPS) is 23.8. The fourth-order valence-corrected chi connectivity index (χ4v) is 2.20. The summed E-state index contributed by atoms with van der Waals surface area (Å²) in [5.41, 5.74) is 6.43. The van der Waals surface area contributed by atoms with E-state index in [1.165, 1.54) is 32.1 Å². The van der Waals surface area contributed by atoms with E-state index >= 15 is 0 Å². The van der Waals surface area contributed by atoms with Gasteiger partial charge in [-0.15, -0.1) is 0 Å². The van der Waals surface area contributed by atoms with Crippen LogP contribution in [0.25, 0.3) is 0 Å². The van der Waals surface area contributed by atoms with Crippen LogP contribution in [0, 0.1) is 0 Å². The molecule has 1 fully saturated rings. The van der Waals surface area contributed by atoms with Gasteiger partial charge in [-0.1, -0.05) is 19.8 Å². The van der Waals surface area contributed by atoms with Crippen molar-refractivity contribution in [2.45, 2.75) is 57.5 Å². The second-order valence-corrected chi connectivity index (χ2v) is 4.74. The molecule has 0 heterocycles. The van der Waals surface area contributed by atoms with Gasteiger partial charge in [0.05, 0.1) is 0 Å². The van der Waals surface area contributed by atoms with Crippen molar-refractivity contribution in [3.05, 3.63) is 0 Å². The zero-order chi connectivity index (χ0) is 9.90. The van der Waals surface area contributed by atoms with Gasteiger partial charge in [0.25, 0.3) is 0 Å². The predicted octanol–water partition coefficient (Wildman–Crippen LogP) is 1.99. The quantitative estimate of drug-likeness (QED) is 0.724. The van der Waals surface area contributed by atoms with Crippen LogP contribution in [0.1, 0.15) is 46.0 Å². The number of likely N-dealkylation sites (N-methyl/N-ethyl adjacent to an activating group) is 1. The molecule has 1 saturated carbocycles.